The first kappa shape index (κ1) is 8.78. The Morgan fingerprint density at radius 1 is 1.64 bits per heavy atom. The summed E-state index contributed by atoms with van der Waals surface area (Å²) in [6, 6.07) is 0.0838. The van der Waals surface area contributed by atoms with Gasteiger partial charge in [-0.2, -0.15) is 0 Å². The molecule has 0 aromatic rings. The van der Waals surface area contributed by atoms with Gasteiger partial charge in [0.05, 0.1) is 6.61 Å². The Morgan fingerprint density at radius 2 is 2.36 bits per heavy atom. The summed E-state index contributed by atoms with van der Waals surface area (Å²) in [7, 11) is 1.92. The lowest BCUT2D eigenvalue weighted by molar-refractivity contribution is -0.0537. The zero-order valence-electron chi connectivity index (χ0n) is 6.60. The Morgan fingerprint density at radius 3 is 3.00 bits per heavy atom. The smallest absolute Gasteiger partial charge is 0.139 e. The zero-order chi connectivity index (χ0) is 8.27. The van der Waals surface area contributed by atoms with Crippen LogP contribution in [-0.4, -0.2) is 42.9 Å². The molecule has 0 bridgehead atoms. The van der Waals surface area contributed by atoms with Gasteiger partial charge in [-0.25, -0.2) is 0 Å². The largest absolute Gasteiger partial charge is 0.394 e. The normalized spacial score (nSPS) is 38.5. The van der Waals surface area contributed by atoms with Crippen LogP contribution in [0.2, 0.25) is 0 Å². The van der Waals surface area contributed by atoms with Gasteiger partial charge < -0.3 is 14.9 Å². The SMILES string of the molecule is B[C@H]1CC=C[C@H](O)[C@@H](CO)O1. The third-order valence-electron chi connectivity index (χ3n) is 1.77. The third kappa shape index (κ3) is 2.32. The van der Waals surface area contributed by atoms with Crippen LogP contribution in [0.3, 0.4) is 0 Å². The maximum atomic E-state index is 9.29. The average molecular weight is 156 g/mol. The summed E-state index contributed by atoms with van der Waals surface area (Å²) in [5.74, 6) is 0. The minimum absolute atomic E-state index is 0.0838. The fraction of sp³-hybridized carbons (Fsp3) is 0.714. The van der Waals surface area contributed by atoms with E-state index in [-0.39, 0.29) is 12.6 Å². The molecule has 3 nitrogen and oxygen atoms in total. The van der Waals surface area contributed by atoms with E-state index in [9.17, 15) is 5.11 Å². The molecule has 0 fully saturated rings. The molecule has 0 radical (unpaired) electrons. The van der Waals surface area contributed by atoms with E-state index in [1.807, 2.05) is 13.9 Å². The highest BCUT2D eigenvalue weighted by Crippen LogP contribution is 2.10. The van der Waals surface area contributed by atoms with Crippen molar-refractivity contribution in [3.05, 3.63) is 12.2 Å². The van der Waals surface area contributed by atoms with E-state index in [0.717, 1.165) is 6.42 Å². The maximum Gasteiger partial charge on any atom is 0.139 e. The summed E-state index contributed by atoms with van der Waals surface area (Å²) in [5, 5.41) is 18.1. The first-order chi connectivity index (χ1) is 5.24. The van der Waals surface area contributed by atoms with Crippen molar-refractivity contribution in [2.75, 3.05) is 6.61 Å². The Hall–Kier alpha value is -0.315. The van der Waals surface area contributed by atoms with Crippen LogP contribution in [0.25, 0.3) is 0 Å². The molecule has 1 aliphatic rings. The number of aliphatic hydroxyl groups is 2. The van der Waals surface area contributed by atoms with Crippen LogP contribution in [0.15, 0.2) is 12.2 Å². The summed E-state index contributed by atoms with van der Waals surface area (Å²) in [6.45, 7) is -0.129. The van der Waals surface area contributed by atoms with Gasteiger partial charge >= 0.3 is 0 Å². The molecule has 0 amide bonds. The second-order valence-electron chi connectivity index (χ2n) is 2.82. The summed E-state index contributed by atoms with van der Waals surface area (Å²) in [4.78, 5) is 0. The molecule has 1 heterocycles. The number of hydrogen-bond acceptors (Lipinski definition) is 3. The average Bonchev–Trinajstić information content (AvgIpc) is 2.13. The first-order valence-electron chi connectivity index (χ1n) is 3.85. The van der Waals surface area contributed by atoms with Gasteiger partial charge in [-0.15, -0.1) is 0 Å². The van der Waals surface area contributed by atoms with E-state index in [4.69, 9.17) is 9.84 Å². The molecule has 0 unspecified atom stereocenters. The fourth-order valence-corrected chi connectivity index (χ4v) is 1.12. The van der Waals surface area contributed by atoms with Crippen molar-refractivity contribution >= 4 is 7.85 Å². The van der Waals surface area contributed by atoms with Gasteiger partial charge in [-0.1, -0.05) is 12.2 Å². The molecule has 1 aliphatic heterocycles. The predicted molar refractivity (Wildman–Crippen MR) is 44.1 cm³/mol. The van der Waals surface area contributed by atoms with E-state index in [1.54, 1.807) is 6.08 Å². The van der Waals surface area contributed by atoms with Crippen LogP contribution in [0, 0.1) is 0 Å². The topological polar surface area (TPSA) is 49.7 Å². The lowest BCUT2D eigenvalue weighted by Gasteiger charge is -2.19. The van der Waals surface area contributed by atoms with E-state index in [0.29, 0.717) is 0 Å². The lowest BCUT2D eigenvalue weighted by Crippen LogP contribution is -2.33. The molecule has 1 rings (SSSR count). The van der Waals surface area contributed by atoms with Gasteiger partial charge in [0.2, 0.25) is 0 Å². The molecule has 2 N–H and O–H groups in total. The zero-order valence-corrected chi connectivity index (χ0v) is 6.60. The quantitative estimate of drug-likeness (QED) is 0.364. The lowest BCUT2D eigenvalue weighted by atomic mass is 9.97. The van der Waals surface area contributed by atoms with Gasteiger partial charge in [-0.3, -0.25) is 0 Å². The van der Waals surface area contributed by atoms with Crippen LogP contribution in [-0.2, 0) is 4.74 Å². The second-order valence-corrected chi connectivity index (χ2v) is 2.82. The van der Waals surface area contributed by atoms with Crippen molar-refractivity contribution in [2.24, 2.45) is 0 Å². The number of aliphatic hydroxyl groups excluding tert-OH is 2. The van der Waals surface area contributed by atoms with Crippen molar-refractivity contribution in [3.8, 4) is 0 Å². The van der Waals surface area contributed by atoms with Crippen LogP contribution in [0.5, 0.6) is 0 Å². The second kappa shape index (κ2) is 3.90. The Labute approximate surface area is 67.1 Å². The summed E-state index contributed by atoms with van der Waals surface area (Å²) >= 11 is 0. The van der Waals surface area contributed by atoms with Crippen molar-refractivity contribution in [2.45, 2.75) is 24.6 Å². The van der Waals surface area contributed by atoms with Crippen LogP contribution in [0.1, 0.15) is 6.42 Å². The van der Waals surface area contributed by atoms with Gasteiger partial charge in [0, 0.05) is 6.00 Å². The minimum atomic E-state index is -0.662. The molecule has 62 valence electrons. The summed E-state index contributed by atoms with van der Waals surface area (Å²) in [5.41, 5.74) is 0. The number of rotatable bonds is 1. The highest BCUT2D eigenvalue weighted by molar-refractivity contribution is 6.11. The van der Waals surface area contributed by atoms with Crippen molar-refractivity contribution in [1.29, 1.82) is 0 Å². The highest BCUT2D eigenvalue weighted by Gasteiger charge is 2.20. The maximum absolute atomic E-state index is 9.29. The van der Waals surface area contributed by atoms with Crippen LogP contribution < -0.4 is 0 Å². The highest BCUT2D eigenvalue weighted by atomic mass is 16.5. The van der Waals surface area contributed by atoms with Crippen molar-refractivity contribution in [1.82, 2.24) is 0 Å². The molecule has 4 heteroatoms. The molecule has 0 saturated carbocycles. The molecule has 0 aromatic heterocycles. The number of ether oxygens (including phenoxy) is 1. The van der Waals surface area contributed by atoms with Gasteiger partial charge in [-0.05, 0) is 6.42 Å². The Bertz CT molecular complexity index is 149. The monoisotopic (exact) mass is 156 g/mol. The minimum Gasteiger partial charge on any atom is -0.394 e. The third-order valence-corrected chi connectivity index (χ3v) is 1.77. The fourth-order valence-electron chi connectivity index (χ4n) is 1.12. The van der Waals surface area contributed by atoms with Gasteiger partial charge in [0.15, 0.2) is 0 Å². The Kier molecular flexibility index (Phi) is 3.11. The predicted octanol–water partition coefficient (Wildman–Crippen LogP) is -1.36. The molecule has 0 spiro atoms. The standard InChI is InChI=1S/C7H13BO3/c8-7-3-1-2-5(10)6(4-9)11-7/h1-2,5-7,9-10H,3-4,8H2/t5-,6+,7+/m0/s1. The summed E-state index contributed by atoms with van der Waals surface area (Å²) in [6.07, 6.45) is 3.23. The van der Waals surface area contributed by atoms with Crippen LogP contribution in [0.4, 0.5) is 0 Å². The van der Waals surface area contributed by atoms with Crippen molar-refractivity contribution < 1.29 is 14.9 Å². The molecular weight excluding hydrogens is 143 g/mol. The van der Waals surface area contributed by atoms with Gasteiger partial charge in [0.25, 0.3) is 0 Å². The van der Waals surface area contributed by atoms with E-state index in [2.05, 4.69) is 0 Å². The number of hydrogen-bond donors (Lipinski definition) is 2. The molecule has 0 saturated heterocycles. The van der Waals surface area contributed by atoms with Gasteiger partial charge in [0.1, 0.15) is 20.1 Å². The molecule has 0 aliphatic carbocycles. The van der Waals surface area contributed by atoms with E-state index in [1.165, 1.54) is 0 Å². The molecule has 0 aromatic carbocycles. The van der Waals surface area contributed by atoms with Crippen LogP contribution >= 0.6 is 0 Å². The Balaban J connectivity index is 2.55. The van der Waals surface area contributed by atoms with Crippen molar-refractivity contribution in [3.63, 3.8) is 0 Å². The molecule has 3 atom stereocenters. The van der Waals surface area contributed by atoms with E-state index < -0.39 is 12.2 Å². The molecular formula is C7H13BO3. The first-order valence-corrected chi connectivity index (χ1v) is 3.85. The van der Waals surface area contributed by atoms with E-state index >= 15 is 0 Å². The molecule has 11 heavy (non-hydrogen) atoms. The summed E-state index contributed by atoms with van der Waals surface area (Å²) < 4.78 is 5.31.